The minimum absolute atomic E-state index is 0.158. The van der Waals surface area contributed by atoms with E-state index in [1.54, 1.807) is 20.8 Å². The van der Waals surface area contributed by atoms with Crippen molar-refractivity contribution in [2.75, 3.05) is 25.4 Å². The topological polar surface area (TPSA) is 61.2 Å². The Hall–Kier alpha value is -0.600. The molecule has 1 aliphatic rings. The van der Waals surface area contributed by atoms with E-state index in [0.29, 0.717) is 6.54 Å². The van der Waals surface area contributed by atoms with Gasteiger partial charge in [-0.2, -0.15) is 5.26 Å². The molecule has 0 bridgehead atoms. The van der Waals surface area contributed by atoms with E-state index in [1.165, 1.54) is 0 Å². The Morgan fingerprint density at radius 2 is 1.82 bits per heavy atom. The van der Waals surface area contributed by atoms with Crippen LogP contribution in [0, 0.1) is 17.2 Å². The van der Waals surface area contributed by atoms with Gasteiger partial charge in [-0.3, -0.25) is 0 Å². The van der Waals surface area contributed by atoms with Crippen molar-refractivity contribution in [2.24, 2.45) is 5.92 Å². The third-order valence-electron chi connectivity index (χ3n) is 3.38. The van der Waals surface area contributed by atoms with Crippen LogP contribution in [0.1, 0.15) is 33.6 Å². The molecule has 98 valence electrons. The summed E-state index contributed by atoms with van der Waals surface area (Å²) in [5.74, 6) is 0.374. The highest BCUT2D eigenvalue weighted by atomic mass is 32.2. The molecule has 0 radical (unpaired) electrons. The van der Waals surface area contributed by atoms with Gasteiger partial charge in [0.15, 0.2) is 9.84 Å². The second kappa shape index (κ2) is 5.36. The van der Waals surface area contributed by atoms with Crippen molar-refractivity contribution in [3.8, 4) is 6.07 Å². The van der Waals surface area contributed by atoms with Crippen molar-refractivity contribution in [2.45, 2.75) is 38.4 Å². The number of nitriles is 1. The summed E-state index contributed by atoms with van der Waals surface area (Å²) in [4.78, 5) is 2.15. The van der Waals surface area contributed by atoms with E-state index in [1.807, 2.05) is 0 Å². The first-order valence-electron chi connectivity index (χ1n) is 6.10. The fourth-order valence-corrected chi connectivity index (χ4v) is 2.95. The van der Waals surface area contributed by atoms with Crippen LogP contribution in [0.4, 0.5) is 0 Å². The number of hydrogen-bond donors (Lipinski definition) is 0. The van der Waals surface area contributed by atoms with E-state index in [9.17, 15) is 8.42 Å². The highest BCUT2D eigenvalue weighted by Gasteiger charge is 2.29. The van der Waals surface area contributed by atoms with E-state index < -0.39 is 14.6 Å². The van der Waals surface area contributed by atoms with Crippen LogP contribution in [0.25, 0.3) is 0 Å². The van der Waals surface area contributed by atoms with Crippen molar-refractivity contribution in [3.05, 3.63) is 0 Å². The zero-order valence-corrected chi connectivity index (χ0v) is 11.8. The van der Waals surface area contributed by atoms with Crippen LogP contribution in [0.5, 0.6) is 0 Å². The molecule has 1 fully saturated rings. The summed E-state index contributed by atoms with van der Waals surface area (Å²) in [6.07, 6.45) is 1.73. The Morgan fingerprint density at radius 3 is 2.24 bits per heavy atom. The van der Waals surface area contributed by atoms with Crippen molar-refractivity contribution in [1.29, 1.82) is 5.26 Å². The fourth-order valence-electron chi connectivity index (χ4n) is 1.84. The zero-order chi connectivity index (χ0) is 13.1. The third kappa shape index (κ3) is 3.97. The van der Waals surface area contributed by atoms with E-state index in [4.69, 9.17) is 5.26 Å². The lowest BCUT2D eigenvalue weighted by Crippen LogP contribution is -2.40. The van der Waals surface area contributed by atoms with Gasteiger partial charge >= 0.3 is 0 Å². The second-order valence-electron chi connectivity index (χ2n) is 5.68. The van der Waals surface area contributed by atoms with E-state index in [-0.39, 0.29) is 11.7 Å². The maximum absolute atomic E-state index is 11.9. The lowest BCUT2D eigenvalue weighted by atomic mass is 9.99. The van der Waals surface area contributed by atoms with Gasteiger partial charge in [0.2, 0.25) is 0 Å². The molecule has 0 aromatic heterocycles. The van der Waals surface area contributed by atoms with Gasteiger partial charge < -0.3 is 4.90 Å². The van der Waals surface area contributed by atoms with E-state index >= 15 is 0 Å². The Balaban J connectivity index is 2.41. The maximum Gasteiger partial charge on any atom is 0.156 e. The first-order chi connectivity index (χ1) is 7.76. The minimum atomic E-state index is -3.02. The first kappa shape index (κ1) is 14.5. The third-order valence-corrected chi connectivity index (χ3v) is 5.97. The Kier molecular flexibility index (Phi) is 4.56. The molecule has 1 saturated heterocycles. The van der Waals surface area contributed by atoms with Gasteiger partial charge in [0.05, 0.1) is 16.6 Å². The molecule has 1 aliphatic heterocycles. The van der Waals surface area contributed by atoms with Gasteiger partial charge in [0.1, 0.15) is 0 Å². The first-order valence-corrected chi connectivity index (χ1v) is 7.76. The van der Waals surface area contributed by atoms with Gasteiger partial charge in [-0.15, -0.1) is 0 Å². The molecular weight excluding hydrogens is 236 g/mol. The quantitative estimate of drug-likeness (QED) is 0.768. The SMILES string of the molecule is CC(C)(C)S(=O)(=O)CCN1CCC(C#N)CC1. The molecule has 0 spiro atoms. The van der Waals surface area contributed by atoms with Crippen LogP contribution >= 0.6 is 0 Å². The lowest BCUT2D eigenvalue weighted by Gasteiger charge is -2.30. The molecule has 0 atom stereocenters. The van der Waals surface area contributed by atoms with E-state index in [0.717, 1.165) is 25.9 Å². The molecule has 0 unspecified atom stereocenters. The van der Waals surface area contributed by atoms with Crippen molar-refractivity contribution >= 4 is 9.84 Å². The number of nitrogens with zero attached hydrogens (tertiary/aromatic N) is 2. The molecular formula is C12H22N2O2S. The molecule has 0 aliphatic carbocycles. The summed E-state index contributed by atoms with van der Waals surface area (Å²) < 4.78 is 23.2. The van der Waals surface area contributed by atoms with Crippen molar-refractivity contribution in [1.82, 2.24) is 4.90 Å². The number of sulfone groups is 1. The molecule has 0 N–H and O–H groups in total. The highest BCUT2D eigenvalue weighted by molar-refractivity contribution is 7.92. The summed E-state index contributed by atoms with van der Waals surface area (Å²) in [6.45, 7) is 7.51. The average molecular weight is 258 g/mol. The van der Waals surface area contributed by atoms with Crippen LogP contribution in [0.15, 0.2) is 0 Å². The fraction of sp³-hybridized carbons (Fsp3) is 0.917. The number of hydrogen-bond acceptors (Lipinski definition) is 4. The molecule has 0 amide bonds. The molecule has 1 rings (SSSR count). The van der Waals surface area contributed by atoms with Gasteiger partial charge in [0.25, 0.3) is 0 Å². The minimum Gasteiger partial charge on any atom is -0.302 e. The lowest BCUT2D eigenvalue weighted by molar-refractivity contribution is 0.216. The molecule has 1 heterocycles. The predicted molar refractivity (Wildman–Crippen MR) is 68.3 cm³/mol. The standard InChI is InChI=1S/C12H22N2O2S/c1-12(2,3)17(15,16)9-8-14-6-4-11(10-13)5-7-14/h11H,4-9H2,1-3H3. The molecule has 4 nitrogen and oxygen atoms in total. The summed E-state index contributed by atoms with van der Waals surface area (Å²) in [5, 5.41) is 8.78. The van der Waals surface area contributed by atoms with Gasteiger partial charge in [-0.05, 0) is 46.7 Å². The van der Waals surface area contributed by atoms with Gasteiger partial charge in [-0.1, -0.05) is 0 Å². The smallest absolute Gasteiger partial charge is 0.156 e. The predicted octanol–water partition coefficient (Wildman–Crippen LogP) is 1.44. The maximum atomic E-state index is 11.9. The zero-order valence-electron chi connectivity index (χ0n) is 10.9. The van der Waals surface area contributed by atoms with Crippen molar-refractivity contribution in [3.63, 3.8) is 0 Å². The van der Waals surface area contributed by atoms with Crippen LogP contribution in [-0.2, 0) is 9.84 Å². The normalized spacial score (nSPS) is 20.1. The summed E-state index contributed by atoms with van der Waals surface area (Å²) >= 11 is 0. The van der Waals surface area contributed by atoms with Crippen LogP contribution < -0.4 is 0 Å². The van der Waals surface area contributed by atoms with Crippen LogP contribution in [0.3, 0.4) is 0 Å². The highest BCUT2D eigenvalue weighted by Crippen LogP contribution is 2.19. The Bertz CT molecular complexity index is 382. The summed E-state index contributed by atoms with van der Waals surface area (Å²) in [6, 6.07) is 2.28. The molecule has 0 saturated carbocycles. The molecule has 17 heavy (non-hydrogen) atoms. The van der Waals surface area contributed by atoms with Gasteiger partial charge in [0, 0.05) is 12.5 Å². The largest absolute Gasteiger partial charge is 0.302 e. The molecule has 0 aromatic carbocycles. The Labute approximate surface area is 105 Å². The second-order valence-corrected chi connectivity index (χ2v) is 8.54. The van der Waals surface area contributed by atoms with Crippen LogP contribution in [-0.4, -0.2) is 43.5 Å². The summed E-state index contributed by atoms with van der Waals surface area (Å²) in [5.41, 5.74) is 0. The Morgan fingerprint density at radius 1 is 1.29 bits per heavy atom. The summed E-state index contributed by atoms with van der Waals surface area (Å²) in [7, 11) is -3.02. The van der Waals surface area contributed by atoms with Gasteiger partial charge in [-0.25, -0.2) is 8.42 Å². The molecule has 0 aromatic rings. The number of rotatable bonds is 3. The number of piperidine rings is 1. The van der Waals surface area contributed by atoms with E-state index in [2.05, 4.69) is 11.0 Å². The van der Waals surface area contributed by atoms with Crippen LogP contribution in [0.2, 0.25) is 0 Å². The van der Waals surface area contributed by atoms with Crippen molar-refractivity contribution < 1.29 is 8.42 Å². The number of likely N-dealkylation sites (tertiary alicyclic amines) is 1. The average Bonchev–Trinajstić information content (AvgIpc) is 2.25. The monoisotopic (exact) mass is 258 g/mol. The molecule has 5 heteroatoms.